The van der Waals surface area contributed by atoms with Crippen molar-refractivity contribution in [2.75, 3.05) is 6.61 Å². The van der Waals surface area contributed by atoms with Gasteiger partial charge in [0.25, 0.3) is 5.91 Å². The van der Waals surface area contributed by atoms with Gasteiger partial charge in [-0.1, -0.05) is 42.5 Å². The average molecular weight is 404 g/mol. The highest BCUT2D eigenvalue weighted by Gasteiger charge is 2.55. The highest BCUT2D eigenvalue weighted by atomic mass is 16.5. The fourth-order valence-corrected chi connectivity index (χ4v) is 4.51. The maximum absolute atomic E-state index is 13.5. The Kier molecular flexibility index (Phi) is 4.13. The molecule has 1 aliphatic heterocycles. The van der Waals surface area contributed by atoms with Crippen LogP contribution in [0, 0.1) is 0 Å². The van der Waals surface area contributed by atoms with Crippen LogP contribution in [-0.2, 0) is 28.0 Å². The van der Waals surface area contributed by atoms with Gasteiger partial charge in [-0.2, -0.15) is 0 Å². The fourth-order valence-electron chi connectivity index (χ4n) is 4.51. The molecule has 1 spiro atoms. The standard InChI is InChI=1S/C23H20N2O5/c1-2-29-20(26)19-16(15-8-4-6-10-18(15)30-19)13-25-21(27)23(24-22(25)28)12-11-14-7-3-5-9-17(14)23/h3-10H,2,11-13H2,1H3,(H,24,28)/t23-/m0/s1. The highest BCUT2D eigenvalue weighted by molar-refractivity contribution is 6.08. The second kappa shape index (κ2) is 6.73. The van der Waals surface area contributed by atoms with E-state index in [4.69, 9.17) is 9.15 Å². The molecule has 1 fully saturated rings. The number of carbonyl (C=O) groups is 3. The average Bonchev–Trinajstić information content (AvgIpc) is 3.38. The molecule has 152 valence electrons. The predicted molar refractivity (Wildman–Crippen MR) is 108 cm³/mol. The quantitative estimate of drug-likeness (QED) is 0.531. The van der Waals surface area contributed by atoms with E-state index in [9.17, 15) is 14.4 Å². The molecule has 1 saturated heterocycles. The van der Waals surface area contributed by atoms with Crippen LogP contribution in [0.3, 0.4) is 0 Å². The van der Waals surface area contributed by atoms with E-state index in [0.29, 0.717) is 23.0 Å². The lowest BCUT2D eigenvalue weighted by molar-refractivity contribution is -0.132. The number of fused-ring (bicyclic) bond motifs is 3. The smallest absolute Gasteiger partial charge is 0.374 e. The van der Waals surface area contributed by atoms with Gasteiger partial charge in [0.1, 0.15) is 11.1 Å². The van der Waals surface area contributed by atoms with E-state index in [-0.39, 0.29) is 24.8 Å². The third-order valence-corrected chi connectivity index (χ3v) is 5.90. The van der Waals surface area contributed by atoms with Gasteiger partial charge in [0.15, 0.2) is 0 Å². The first-order valence-electron chi connectivity index (χ1n) is 9.95. The molecule has 0 radical (unpaired) electrons. The molecule has 7 heteroatoms. The number of hydrogen-bond donors (Lipinski definition) is 1. The largest absolute Gasteiger partial charge is 0.460 e. The number of nitrogens with zero attached hydrogens (tertiary/aromatic N) is 1. The zero-order valence-electron chi connectivity index (χ0n) is 16.4. The van der Waals surface area contributed by atoms with Gasteiger partial charge in [-0.25, -0.2) is 9.59 Å². The number of furan rings is 1. The van der Waals surface area contributed by atoms with E-state index in [0.717, 1.165) is 17.5 Å². The summed E-state index contributed by atoms with van der Waals surface area (Å²) in [5.41, 5.74) is 1.83. The van der Waals surface area contributed by atoms with Crippen molar-refractivity contribution in [3.05, 3.63) is 71.0 Å². The number of imide groups is 1. The molecular formula is C23H20N2O5. The number of benzene rings is 2. The number of amides is 3. The molecule has 1 aliphatic carbocycles. The number of esters is 1. The fraction of sp³-hybridized carbons (Fsp3) is 0.261. The minimum absolute atomic E-state index is 0.0198. The predicted octanol–water partition coefficient (Wildman–Crippen LogP) is 3.50. The van der Waals surface area contributed by atoms with E-state index in [1.807, 2.05) is 30.3 Å². The zero-order valence-corrected chi connectivity index (χ0v) is 16.4. The number of rotatable bonds is 4. The van der Waals surface area contributed by atoms with E-state index in [2.05, 4.69) is 5.32 Å². The van der Waals surface area contributed by atoms with Crippen molar-refractivity contribution in [1.82, 2.24) is 10.2 Å². The molecule has 7 nitrogen and oxygen atoms in total. The Morgan fingerprint density at radius 1 is 1.17 bits per heavy atom. The molecule has 2 aromatic carbocycles. The van der Waals surface area contributed by atoms with Crippen LogP contribution in [-0.4, -0.2) is 29.4 Å². The van der Waals surface area contributed by atoms with E-state index < -0.39 is 17.5 Å². The summed E-state index contributed by atoms with van der Waals surface area (Å²) < 4.78 is 10.8. The van der Waals surface area contributed by atoms with E-state index in [1.54, 1.807) is 25.1 Å². The molecule has 0 saturated carbocycles. The molecule has 1 atom stereocenters. The Morgan fingerprint density at radius 2 is 1.93 bits per heavy atom. The minimum atomic E-state index is -1.04. The zero-order chi connectivity index (χ0) is 20.9. The van der Waals surface area contributed by atoms with Gasteiger partial charge < -0.3 is 14.5 Å². The summed E-state index contributed by atoms with van der Waals surface area (Å²) in [6.45, 7) is 1.83. The lowest BCUT2D eigenvalue weighted by Gasteiger charge is -2.22. The van der Waals surface area contributed by atoms with Crippen LogP contribution < -0.4 is 5.32 Å². The molecule has 5 rings (SSSR count). The molecule has 2 heterocycles. The molecule has 2 aliphatic rings. The van der Waals surface area contributed by atoms with Crippen LogP contribution in [0.15, 0.2) is 52.9 Å². The summed E-state index contributed by atoms with van der Waals surface area (Å²) in [5.74, 6) is -0.902. The van der Waals surface area contributed by atoms with Gasteiger partial charge in [0.05, 0.1) is 13.2 Å². The highest BCUT2D eigenvalue weighted by Crippen LogP contribution is 2.42. The number of urea groups is 1. The van der Waals surface area contributed by atoms with Gasteiger partial charge in [-0.3, -0.25) is 9.69 Å². The Labute approximate surface area is 172 Å². The number of carbonyl (C=O) groups excluding carboxylic acids is 3. The van der Waals surface area contributed by atoms with E-state index in [1.165, 1.54) is 4.90 Å². The molecule has 0 unspecified atom stereocenters. The van der Waals surface area contributed by atoms with Crippen molar-refractivity contribution in [3.8, 4) is 0 Å². The summed E-state index contributed by atoms with van der Waals surface area (Å²) in [6, 6.07) is 14.3. The van der Waals surface area contributed by atoms with Gasteiger partial charge in [-0.05, 0) is 37.0 Å². The van der Waals surface area contributed by atoms with Crippen LogP contribution in [0.25, 0.3) is 11.0 Å². The van der Waals surface area contributed by atoms with Crippen LogP contribution in [0.2, 0.25) is 0 Å². The summed E-state index contributed by atoms with van der Waals surface area (Å²) in [6.07, 6.45) is 1.24. The van der Waals surface area contributed by atoms with Crippen LogP contribution in [0.4, 0.5) is 4.79 Å². The maximum Gasteiger partial charge on any atom is 0.374 e. The minimum Gasteiger partial charge on any atom is -0.460 e. The molecule has 3 aromatic rings. The van der Waals surface area contributed by atoms with Gasteiger partial charge in [0.2, 0.25) is 5.76 Å². The first-order valence-corrected chi connectivity index (χ1v) is 9.95. The lowest BCUT2D eigenvalue weighted by Crippen LogP contribution is -2.41. The van der Waals surface area contributed by atoms with Crippen molar-refractivity contribution in [2.45, 2.75) is 31.8 Å². The Bertz CT molecular complexity index is 1200. The lowest BCUT2D eigenvalue weighted by atomic mass is 9.92. The van der Waals surface area contributed by atoms with Gasteiger partial charge in [0, 0.05) is 10.9 Å². The van der Waals surface area contributed by atoms with Crippen LogP contribution >= 0.6 is 0 Å². The number of para-hydroxylation sites is 1. The SMILES string of the molecule is CCOC(=O)c1oc2ccccc2c1CN1C(=O)N[C@]2(CCc3ccccc32)C1=O. The molecule has 1 N–H and O–H groups in total. The van der Waals surface area contributed by atoms with Gasteiger partial charge >= 0.3 is 12.0 Å². The summed E-state index contributed by atoms with van der Waals surface area (Å²) in [4.78, 5) is 40.0. The monoisotopic (exact) mass is 404 g/mol. The first kappa shape index (κ1) is 18.4. The third kappa shape index (κ3) is 2.55. The van der Waals surface area contributed by atoms with E-state index >= 15 is 0 Å². The Hall–Kier alpha value is -3.61. The molecule has 30 heavy (non-hydrogen) atoms. The first-order chi connectivity index (χ1) is 14.5. The Balaban J connectivity index is 1.55. The molecule has 0 bridgehead atoms. The second-order valence-electron chi connectivity index (χ2n) is 7.51. The number of hydrogen-bond acceptors (Lipinski definition) is 5. The maximum atomic E-state index is 13.5. The summed E-state index contributed by atoms with van der Waals surface area (Å²) in [7, 11) is 0. The van der Waals surface area contributed by atoms with Crippen molar-refractivity contribution in [2.24, 2.45) is 0 Å². The van der Waals surface area contributed by atoms with Crippen LogP contribution in [0.5, 0.6) is 0 Å². The third-order valence-electron chi connectivity index (χ3n) is 5.90. The number of aryl methyl sites for hydroxylation is 1. The summed E-state index contributed by atoms with van der Waals surface area (Å²) >= 11 is 0. The molecule has 3 amide bonds. The Morgan fingerprint density at radius 3 is 2.77 bits per heavy atom. The number of nitrogens with one attached hydrogen (secondary N) is 1. The number of ether oxygens (including phenoxy) is 1. The summed E-state index contributed by atoms with van der Waals surface area (Å²) in [5, 5.41) is 3.59. The van der Waals surface area contributed by atoms with Crippen molar-refractivity contribution in [3.63, 3.8) is 0 Å². The normalized spacial score (nSPS) is 20.1. The van der Waals surface area contributed by atoms with Crippen LogP contribution in [0.1, 0.15) is 40.6 Å². The van der Waals surface area contributed by atoms with Gasteiger partial charge in [-0.15, -0.1) is 0 Å². The topological polar surface area (TPSA) is 88.8 Å². The van der Waals surface area contributed by atoms with Crippen molar-refractivity contribution < 1.29 is 23.5 Å². The van der Waals surface area contributed by atoms with Crippen molar-refractivity contribution in [1.29, 1.82) is 0 Å². The van der Waals surface area contributed by atoms with Crippen molar-refractivity contribution >= 4 is 28.9 Å². The molecular weight excluding hydrogens is 384 g/mol. The second-order valence-corrected chi connectivity index (χ2v) is 7.51. The molecule has 1 aromatic heterocycles.